The standard InChI is InChI=1S/C15H20N2O3S/c1-9(10-3-4-10)16(2)15(20)17-7-5-12-11(6-8-21-12)13(17)14(18)19/h6,8-10,13H,3-5,7H2,1-2H3,(H,18,19). The third-order valence-electron chi connectivity index (χ3n) is 4.66. The first-order chi connectivity index (χ1) is 10.0. The first kappa shape index (κ1) is 14.4. The van der Waals surface area contributed by atoms with Crippen LogP contribution in [-0.4, -0.2) is 46.5 Å². The molecule has 0 saturated heterocycles. The number of carbonyl (C=O) groups is 2. The predicted molar refractivity (Wildman–Crippen MR) is 80.5 cm³/mol. The molecule has 3 rings (SSSR count). The Morgan fingerprint density at radius 3 is 2.81 bits per heavy atom. The molecule has 1 aromatic rings. The molecule has 0 bridgehead atoms. The number of amides is 2. The van der Waals surface area contributed by atoms with E-state index >= 15 is 0 Å². The van der Waals surface area contributed by atoms with Crippen molar-refractivity contribution in [2.75, 3.05) is 13.6 Å². The van der Waals surface area contributed by atoms with Gasteiger partial charge in [0.05, 0.1) is 0 Å². The van der Waals surface area contributed by atoms with Crippen LogP contribution in [-0.2, 0) is 11.2 Å². The fraction of sp³-hybridized carbons (Fsp3) is 0.600. The second kappa shape index (κ2) is 5.33. The maximum absolute atomic E-state index is 12.7. The van der Waals surface area contributed by atoms with E-state index in [1.807, 2.05) is 18.4 Å². The van der Waals surface area contributed by atoms with Crippen LogP contribution >= 0.6 is 11.3 Å². The first-order valence-electron chi connectivity index (χ1n) is 7.33. The highest BCUT2D eigenvalue weighted by Crippen LogP contribution is 2.37. The van der Waals surface area contributed by atoms with Crippen molar-refractivity contribution >= 4 is 23.3 Å². The van der Waals surface area contributed by atoms with E-state index in [0.717, 1.165) is 29.7 Å². The Balaban J connectivity index is 1.83. The molecule has 6 heteroatoms. The van der Waals surface area contributed by atoms with Crippen LogP contribution < -0.4 is 0 Å². The molecular formula is C15H20N2O3S. The van der Waals surface area contributed by atoms with Crippen molar-refractivity contribution in [2.45, 2.75) is 38.3 Å². The second-order valence-corrected chi connectivity index (χ2v) is 6.96. The minimum Gasteiger partial charge on any atom is -0.479 e. The fourth-order valence-electron chi connectivity index (χ4n) is 3.06. The zero-order chi connectivity index (χ0) is 15.1. The first-order valence-corrected chi connectivity index (χ1v) is 8.21. The molecule has 2 heterocycles. The normalized spacial score (nSPS) is 22.6. The fourth-order valence-corrected chi connectivity index (χ4v) is 3.96. The lowest BCUT2D eigenvalue weighted by Crippen LogP contribution is -2.51. The molecule has 2 atom stereocenters. The molecule has 2 unspecified atom stereocenters. The number of carboxylic acids is 1. The van der Waals surface area contributed by atoms with Crippen molar-refractivity contribution in [1.29, 1.82) is 0 Å². The predicted octanol–water partition coefficient (Wildman–Crippen LogP) is 2.58. The monoisotopic (exact) mass is 308 g/mol. The molecule has 1 aromatic heterocycles. The highest BCUT2D eigenvalue weighted by atomic mass is 32.1. The Hall–Kier alpha value is -1.56. The molecular weight excluding hydrogens is 288 g/mol. The molecule has 114 valence electrons. The van der Waals surface area contributed by atoms with E-state index in [2.05, 4.69) is 0 Å². The van der Waals surface area contributed by atoms with E-state index in [0.29, 0.717) is 12.5 Å². The molecule has 0 aromatic carbocycles. The summed E-state index contributed by atoms with van der Waals surface area (Å²) in [4.78, 5) is 28.7. The largest absolute Gasteiger partial charge is 0.479 e. The van der Waals surface area contributed by atoms with E-state index in [1.165, 1.54) is 4.90 Å². The Morgan fingerprint density at radius 1 is 1.48 bits per heavy atom. The molecule has 1 saturated carbocycles. The van der Waals surface area contributed by atoms with Gasteiger partial charge in [-0.05, 0) is 49.1 Å². The molecule has 2 amide bonds. The van der Waals surface area contributed by atoms with Crippen molar-refractivity contribution in [3.63, 3.8) is 0 Å². The number of rotatable bonds is 3. The van der Waals surface area contributed by atoms with Crippen LogP contribution in [0.3, 0.4) is 0 Å². The van der Waals surface area contributed by atoms with Crippen molar-refractivity contribution in [3.05, 3.63) is 21.9 Å². The van der Waals surface area contributed by atoms with Gasteiger partial charge in [0.2, 0.25) is 0 Å². The zero-order valence-electron chi connectivity index (χ0n) is 12.3. The average molecular weight is 308 g/mol. The molecule has 5 nitrogen and oxygen atoms in total. The Kier molecular flexibility index (Phi) is 3.65. The van der Waals surface area contributed by atoms with E-state index in [1.54, 1.807) is 23.3 Å². The Morgan fingerprint density at radius 2 is 2.19 bits per heavy atom. The van der Waals surface area contributed by atoms with Crippen LogP contribution in [0.4, 0.5) is 4.79 Å². The lowest BCUT2D eigenvalue weighted by atomic mass is 10.0. The molecule has 1 N–H and O–H groups in total. The summed E-state index contributed by atoms with van der Waals surface area (Å²) in [5, 5.41) is 11.5. The maximum atomic E-state index is 12.7. The summed E-state index contributed by atoms with van der Waals surface area (Å²) < 4.78 is 0. The summed E-state index contributed by atoms with van der Waals surface area (Å²) in [5.74, 6) is -0.376. The van der Waals surface area contributed by atoms with Crippen LogP contribution in [0.15, 0.2) is 11.4 Å². The Labute approximate surface area is 128 Å². The van der Waals surface area contributed by atoms with Crippen molar-refractivity contribution < 1.29 is 14.7 Å². The van der Waals surface area contributed by atoms with E-state index < -0.39 is 12.0 Å². The number of carboxylic acid groups (broad SMARTS) is 1. The number of hydrogen-bond donors (Lipinski definition) is 1. The second-order valence-electron chi connectivity index (χ2n) is 5.95. The molecule has 0 spiro atoms. The van der Waals surface area contributed by atoms with E-state index in [4.69, 9.17) is 0 Å². The summed E-state index contributed by atoms with van der Waals surface area (Å²) in [6.07, 6.45) is 3.07. The maximum Gasteiger partial charge on any atom is 0.331 e. The van der Waals surface area contributed by atoms with Gasteiger partial charge in [0, 0.05) is 24.5 Å². The highest BCUT2D eigenvalue weighted by Gasteiger charge is 2.40. The third-order valence-corrected chi connectivity index (χ3v) is 5.66. The minimum atomic E-state index is -0.949. The number of hydrogen-bond acceptors (Lipinski definition) is 3. The topological polar surface area (TPSA) is 60.9 Å². The molecule has 1 aliphatic carbocycles. The molecule has 2 aliphatic rings. The van der Waals surface area contributed by atoms with Crippen LogP contribution in [0.2, 0.25) is 0 Å². The molecule has 1 aliphatic heterocycles. The number of nitrogens with zero attached hydrogens (tertiary/aromatic N) is 2. The van der Waals surface area contributed by atoms with Crippen LogP contribution in [0.25, 0.3) is 0 Å². The van der Waals surface area contributed by atoms with Gasteiger partial charge in [0.1, 0.15) is 0 Å². The lowest BCUT2D eigenvalue weighted by molar-refractivity contribution is -0.143. The van der Waals surface area contributed by atoms with Gasteiger partial charge < -0.3 is 14.9 Å². The van der Waals surface area contributed by atoms with Gasteiger partial charge in [0.25, 0.3) is 0 Å². The van der Waals surface area contributed by atoms with Gasteiger partial charge in [0.15, 0.2) is 6.04 Å². The number of fused-ring (bicyclic) bond motifs is 1. The summed E-state index contributed by atoms with van der Waals surface area (Å²) in [6.45, 7) is 2.52. The van der Waals surface area contributed by atoms with Gasteiger partial charge in [-0.2, -0.15) is 0 Å². The molecule has 0 radical (unpaired) electrons. The average Bonchev–Trinajstić information content (AvgIpc) is 3.21. The number of aliphatic carboxylic acids is 1. The summed E-state index contributed by atoms with van der Waals surface area (Å²) >= 11 is 1.57. The van der Waals surface area contributed by atoms with Gasteiger partial charge in [-0.3, -0.25) is 0 Å². The van der Waals surface area contributed by atoms with Crippen LogP contribution in [0.1, 0.15) is 36.2 Å². The Bertz CT molecular complexity index is 567. The van der Waals surface area contributed by atoms with Crippen molar-refractivity contribution in [1.82, 2.24) is 9.80 Å². The summed E-state index contributed by atoms with van der Waals surface area (Å²) in [5.41, 5.74) is 0.777. The number of carbonyl (C=O) groups excluding carboxylic acids is 1. The zero-order valence-corrected chi connectivity index (χ0v) is 13.1. The quantitative estimate of drug-likeness (QED) is 0.933. The van der Waals surface area contributed by atoms with Gasteiger partial charge in [-0.1, -0.05) is 0 Å². The highest BCUT2D eigenvalue weighted by molar-refractivity contribution is 7.10. The minimum absolute atomic E-state index is 0.168. The molecule has 21 heavy (non-hydrogen) atoms. The van der Waals surface area contributed by atoms with E-state index in [9.17, 15) is 14.7 Å². The van der Waals surface area contributed by atoms with Crippen molar-refractivity contribution in [3.8, 4) is 0 Å². The van der Waals surface area contributed by atoms with E-state index in [-0.39, 0.29) is 12.1 Å². The van der Waals surface area contributed by atoms with Crippen LogP contribution in [0.5, 0.6) is 0 Å². The van der Waals surface area contributed by atoms with Gasteiger partial charge in [-0.25, -0.2) is 9.59 Å². The summed E-state index contributed by atoms with van der Waals surface area (Å²) in [6, 6.07) is 0.999. The third kappa shape index (κ3) is 2.52. The van der Waals surface area contributed by atoms with Gasteiger partial charge in [-0.15, -0.1) is 11.3 Å². The number of urea groups is 1. The van der Waals surface area contributed by atoms with Crippen LogP contribution in [0, 0.1) is 5.92 Å². The summed E-state index contributed by atoms with van der Waals surface area (Å²) in [7, 11) is 1.79. The number of thiophene rings is 1. The lowest BCUT2D eigenvalue weighted by Gasteiger charge is -2.37. The molecule has 1 fully saturated rings. The van der Waals surface area contributed by atoms with Gasteiger partial charge >= 0.3 is 12.0 Å². The van der Waals surface area contributed by atoms with Crippen molar-refractivity contribution in [2.24, 2.45) is 5.92 Å². The smallest absolute Gasteiger partial charge is 0.331 e. The SMILES string of the molecule is CC(C1CC1)N(C)C(=O)N1CCc2sccc2C1C(=O)O.